The highest BCUT2D eigenvalue weighted by Crippen LogP contribution is 2.30. The van der Waals surface area contributed by atoms with E-state index in [4.69, 9.17) is 4.74 Å². The van der Waals surface area contributed by atoms with Crippen molar-refractivity contribution in [2.75, 3.05) is 7.11 Å². The first kappa shape index (κ1) is 15.0. The molecule has 0 saturated carbocycles. The van der Waals surface area contributed by atoms with Crippen molar-refractivity contribution < 1.29 is 22.7 Å². The summed E-state index contributed by atoms with van der Waals surface area (Å²) in [6, 6.07) is 4.29. The van der Waals surface area contributed by atoms with Gasteiger partial charge in [-0.2, -0.15) is 13.2 Å². The van der Waals surface area contributed by atoms with Gasteiger partial charge in [0.2, 0.25) is 11.7 Å². The number of carbonyl (C=O) groups excluding carboxylic acids is 1. The summed E-state index contributed by atoms with van der Waals surface area (Å²) in [5.41, 5.74) is -0.349. The Kier molecular flexibility index (Phi) is 3.93. The summed E-state index contributed by atoms with van der Waals surface area (Å²) >= 11 is 0. The van der Waals surface area contributed by atoms with E-state index in [1.165, 1.54) is 20.1 Å². The Balaban J connectivity index is 2.40. The quantitative estimate of drug-likeness (QED) is 0.817. The fraction of sp³-hybridized carbons (Fsp3) is 0.214. The molecule has 0 aliphatic rings. The normalized spacial score (nSPS) is 11.3. The van der Waals surface area contributed by atoms with Crippen LogP contribution in [0.4, 0.5) is 13.2 Å². The molecule has 7 heteroatoms. The third-order valence-electron chi connectivity index (χ3n) is 2.88. The molecule has 21 heavy (non-hydrogen) atoms. The van der Waals surface area contributed by atoms with Crippen molar-refractivity contribution in [1.82, 2.24) is 9.97 Å². The highest BCUT2D eigenvalue weighted by Gasteiger charge is 2.31. The van der Waals surface area contributed by atoms with Crippen LogP contribution >= 0.6 is 0 Å². The first-order valence-electron chi connectivity index (χ1n) is 5.91. The predicted molar refractivity (Wildman–Crippen MR) is 68.2 cm³/mol. The van der Waals surface area contributed by atoms with Crippen molar-refractivity contribution >= 4 is 5.78 Å². The third kappa shape index (κ3) is 3.18. The van der Waals surface area contributed by atoms with Crippen molar-refractivity contribution in [2.24, 2.45) is 0 Å². The van der Waals surface area contributed by atoms with Crippen LogP contribution in [0.2, 0.25) is 0 Å². The average molecular weight is 296 g/mol. The molecule has 0 saturated heterocycles. The molecule has 0 N–H and O–H groups in total. The van der Waals surface area contributed by atoms with E-state index in [2.05, 4.69) is 9.97 Å². The number of rotatable bonds is 3. The van der Waals surface area contributed by atoms with Gasteiger partial charge in [0.05, 0.1) is 12.7 Å². The maximum atomic E-state index is 12.6. The minimum absolute atomic E-state index is 0.0599. The fourth-order valence-corrected chi connectivity index (χ4v) is 1.81. The molecule has 110 valence electrons. The molecule has 0 bridgehead atoms. The maximum absolute atomic E-state index is 12.6. The van der Waals surface area contributed by atoms with Crippen LogP contribution in [0.15, 0.2) is 30.6 Å². The second-order valence-electron chi connectivity index (χ2n) is 4.30. The van der Waals surface area contributed by atoms with Crippen LogP contribution in [-0.4, -0.2) is 22.9 Å². The van der Waals surface area contributed by atoms with E-state index in [1.54, 1.807) is 0 Å². The van der Waals surface area contributed by atoms with Crippen LogP contribution in [0.1, 0.15) is 27.2 Å². The number of halogens is 3. The molecule has 0 unspecified atom stereocenters. The van der Waals surface area contributed by atoms with E-state index < -0.39 is 17.5 Å². The highest BCUT2D eigenvalue weighted by molar-refractivity contribution is 6.08. The summed E-state index contributed by atoms with van der Waals surface area (Å²) < 4.78 is 42.7. The summed E-state index contributed by atoms with van der Waals surface area (Å²) in [7, 11) is 1.39. The number of alkyl halides is 3. The second-order valence-corrected chi connectivity index (χ2v) is 4.30. The van der Waals surface area contributed by atoms with E-state index in [1.807, 2.05) is 0 Å². The molecule has 2 aromatic rings. The van der Waals surface area contributed by atoms with Gasteiger partial charge in [0.15, 0.2) is 0 Å². The van der Waals surface area contributed by atoms with Gasteiger partial charge in [-0.1, -0.05) is 6.07 Å². The van der Waals surface area contributed by atoms with Crippen molar-refractivity contribution in [1.29, 1.82) is 0 Å². The Labute approximate surface area is 118 Å². The predicted octanol–water partition coefficient (Wildman–Crippen LogP) is 3.04. The molecular weight excluding hydrogens is 285 g/mol. The number of methoxy groups -OCH3 is 1. The molecule has 2 rings (SSSR count). The fourth-order valence-electron chi connectivity index (χ4n) is 1.81. The van der Waals surface area contributed by atoms with Crippen LogP contribution in [0.25, 0.3) is 0 Å². The molecule has 1 aromatic carbocycles. The van der Waals surface area contributed by atoms with Gasteiger partial charge in [-0.25, -0.2) is 9.97 Å². The average Bonchev–Trinajstić information content (AvgIpc) is 2.45. The van der Waals surface area contributed by atoms with Crippen molar-refractivity contribution in [3.8, 4) is 5.88 Å². The van der Waals surface area contributed by atoms with Gasteiger partial charge in [-0.15, -0.1) is 0 Å². The molecule has 0 spiro atoms. The first-order valence-corrected chi connectivity index (χ1v) is 5.91. The molecule has 0 aliphatic heterocycles. The minimum Gasteiger partial charge on any atom is -0.481 e. The number of aromatic nitrogens is 2. The van der Waals surface area contributed by atoms with E-state index >= 15 is 0 Å². The number of hydrogen-bond donors (Lipinski definition) is 0. The number of hydrogen-bond acceptors (Lipinski definition) is 4. The zero-order valence-electron chi connectivity index (χ0n) is 11.2. The third-order valence-corrected chi connectivity index (χ3v) is 2.88. The molecule has 4 nitrogen and oxygen atoms in total. The lowest BCUT2D eigenvalue weighted by molar-refractivity contribution is -0.137. The molecule has 0 radical (unpaired) electrons. The maximum Gasteiger partial charge on any atom is 0.416 e. The number of carbonyl (C=O) groups is 1. The van der Waals surface area contributed by atoms with Crippen molar-refractivity contribution in [3.63, 3.8) is 0 Å². The Morgan fingerprint density at radius 1 is 1.19 bits per heavy atom. The largest absolute Gasteiger partial charge is 0.481 e. The van der Waals surface area contributed by atoms with E-state index in [0.717, 1.165) is 24.5 Å². The van der Waals surface area contributed by atoms with Gasteiger partial charge < -0.3 is 4.74 Å². The van der Waals surface area contributed by atoms with Crippen LogP contribution in [-0.2, 0) is 6.18 Å². The minimum atomic E-state index is -4.44. The van der Waals surface area contributed by atoms with Gasteiger partial charge in [-0.05, 0) is 24.6 Å². The van der Waals surface area contributed by atoms with E-state index in [0.29, 0.717) is 0 Å². The summed E-state index contributed by atoms with van der Waals surface area (Å²) in [6.45, 7) is 1.45. The number of ether oxygens (including phenoxy) is 1. The van der Waals surface area contributed by atoms with Gasteiger partial charge in [0.1, 0.15) is 12.0 Å². The zero-order valence-corrected chi connectivity index (χ0v) is 11.2. The Morgan fingerprint density at radius 2 is 1.90 bits per heavy atom. The summed E-state index contributed by atoms with van der Waals surface area (Å²) in [4.78, 5) is 19.9. The number of nitrogens with zero attached hydrogens (tertiary/aromatic N) is 2. The first-order chi connectivity index (χ1) is 9.82. The topological polar surface area (TPSA) is 52.1 Å². The Hall–Kier alpha value is -2.44. The lowest BCUT2D eigenvalue weighted by atomic mass is 10.00. The lowest BCUT2D eigenvalue weighted by Crippen LogP contribution is -2.10. The SMILES string of the molecule is COc1cc(C(=O)c2ccc(C(F)(F)F)cc2C)ncn1. The monoisotopic (exact) mass is 296 g/mol. The Bertz CT molecular complexity index is 684. The van der Waals surface area contributed by atoms with Crippen molar-refractivity contribution in [3.05, 3.63) is 53.0 Å². The van der Waals surface area contributed by atoms with Crippen LogP contribution in [0, 0.1) is 6.92 Å². The highest BCUT2D eigenvalue weighted by atomic mass is 19.4. The molecule has 0 atom stereocenters. The molecule has 1 aromatic heterocycles. The van der Waals surface area contributed by atoms with Gasteiger partial charge in [0.25, 0.3) is 0 Å². The Morgan fingerprint density at radius 3 is 2.48 bits per heavy atom. The molecule has 0 aliphatic carbocycles. The number of ketones is 1. The molecular formula is C14H11F3N2O2. The summed E-state index contributed by atoms with van der Waals surface area (Å²) in [5, 5.41) is 0. The summed E-state index contributed by atoms with van der Waals surface area (Å²) in [6.07, 6.45) is -3.28. The standard InChI is InChI=1S/C14H11F3N2O2/c1-8-5-9(14(15,16)17)3-4-10(8)13(20)11-6-12(21-2)19-7-18-11/h3-7H,1-2H3. The van der Waals surface area contributed by atoms with Crippen LogP contribution in [0.5, 0.6) is 5.88 Å². The van der Waals surface area contributed by atoms with Crippen LogP contribution < -0.4 is 4.74 Å². The smallest absolute Gasteiger partial charge is 0.416 e. The molecule has 0 amide bonds. The number of benzene rings is 1. The van der Waals surface area contributed by atoms with Gasteiger partial charge in [-0.3, -0.25) is 4.79 Å². The summed E-state index contributed by atoms with van der Waals surface area (Å²) in [5.74, 6) is -0.278. The lowest BCUT2D eigenvalue weighted by Gasteiger charge is -2.10. The van der Waals surface area contributed by atoms with E-state index in [-0.39, 0.29) is 22.7 Å². The second kappa shape index (κ2) is 5.51. The van der Waals surface area contributed by atoms with Crippen LogP contribution in [0.3, 0.4) is 0 Å². The number of aryl methyl sites for hydroxylation is 1. The zero-order chi connectivity index (χ0) is 15.6. The van der Waals surface area contributed by atoms with Gasteiger partial charge >= 0.3 is 6.18 Å². The van der Waals surface area contributed by atoms with Crippen molar-refractivity contribution in [2.45, 2.75) is 13.1 Å². The van der Waals surface area contributed by atoms with Gasteiger partial charge in [0, 0.05) is 11.6 Å². The van der Waals surface area contributed by atoms with E-state index in [9.17, 15) is 18.0 Å². The molecule has 1 heterocycles. The molecule has 0 fully saturated rings.